The number of halogens is 2. The van der Waals surface area contributed by atoms with Gasteiger partial charge < -0.3 is 22.8 Å². The predicted molar refractivity (Wildman–Crippen MR) is 91.3 cm³/mol. The lowest BCUT2D eigenvalue weighted by Crippen LogP contribution is -3.00. The van der Waals surface area contributed by atoms with Gasteiger partial charge in [-0.1, -0.05) is 0 Å². The summed E-state index contributed by atoms with van der Waals surface area (Å²) in [5, 5.41) is 11.9. The Morgan fingerprint density at radius 1 is 1.16 bits per heavy atom. The molecule has 0 atom stereocenters. The van der Waals surface area contributed by atoms with Crippen LogP contribution in [0.25, 0.3) is 5.69 Å². The van der Waals surface area contributed by atoms with Gasteiger partial charge in [-0.3, -0.25) is 0 Å². The van der Waals surface area contributed by atoms with Crippen LogP contribution in [-0.2, 0) is 0 Å². The van der Waals surface area contributed by atoms with Crippen LogP contribution in [0.3, 0.4) is 0 Å². The van der Waals surface area contributed by atoms with Gasteiger partial charge in [0.1, 0.15) is 5.82 Å². The number of aromatic nitrogens is 4. The molecule has 7 nitrogen and oxygen atoms in total. The first-order valence-electron chi connectivity index (χ1n) is 7.38. The SMILES string of the molecule is Cc1nnc(NN=Cc2cc(C)n(-c3ccc(F)cc3)c2C)n1N.[Cl-]. The molecule has 0 saturated carbocycles. The maximum atomic E-state index is 13.1. The Labute approximate surface area is 150 Å². The first-order valence-corrected chi connectivity index (χ1v) is 7.38. The van der Waals surface area contributed by atoms with Crippen LogP contribution in [0.15, 0.2) is 35.4 Å². The number of benzene rings is 1. The molecule has 9 heteroatoms. The third kappa shape index (κ3) is 3.63. The van der Waals surface area contributed by atoms with E-state index < -0.39 is 0 Å². The minimum atomic E-state index is -0.256. The van der Waals surface area contributed by atoms with Crippen LogP contribution in [0.5, 0.6) is 0 Å². The highest BCUT2D eigenvalue weighted by molar-refractivity contribution is 5.82. The van der Waals surface area contributed by atoms with Gasteiger partial charge in [-0.15, -0.1) is 10.2 Å². The number of anilines is 1. The van der Waals surface area contributed by atoms with Gasteiger partial charge in [-0.25, -0.2) is 14.5 Å². The molecule has 132 valence electrons. The molecule has 3 aromatic rings. The largest absolute Gasteiger partial charge is 1.00 e. The number of hydrogen-bond acceptors (Lipinski definition) is 5. The highest BCUT2D eigenvalue weighted by atomic mass is 35.5. The van der Waals surface area contributed by atoms with Crippen molar-refractivity contribution in [1.82, 2.24) is 19.4 Å². The van der Waals surface area contributed by atoms with E-state index in [2.05, 4.69) is 20.7 Å². The van der Waals surface area contributed by atoms with Crippen molar-refractivity contribution >= 4 is 12.2 Å². The second-order valence-corrected chi connectivity index (χ2v) is 5.45. The quantitative estimate of drug-likeness (QED) is 0.365. The zero-order valence-electron chi connectivity index (χ0n) is 14.0. The Morgan fingerprint density at radius 2 is 1.84 bits per heavy atom. The lowest BCUT2D eigenvalue weighted by Gasteiger charge is -2.09. The van der Waals surface area contributed by atoms with Crippen molar-refractivity contribution in [2.45, 2.75) is 20.8 Å². The number of hydrazone groups is 1. The zero-order valence-corrected chi connectivity index (χ0v) is 14.8. The Morgan fingerprint density at radius 3 is 2.44 bits per heavy atom. The third-order valence-corrected chi connectivity index (χ3v) is 3.79. The molecule has 3 rings (SSSR count). The minimum Gasteiger partial charge on any atom is -1.00 e. The van der Waals surface area contributed by atoms with Crippen LogP contribution in [0.1, 0.15) is 22.8 Å². The zero-order chi connectivity index (χ0) is 17.3. The van der Waals surface area contributed by atoms with Gasteiger partial charge in [0, 0.05) is 22.6 Å². The van der Waals surface area contributed by atoms with E-state index in [1.165, 1.54) is 16.8 Å². The molecule has 0 unspecified atom stereocenters. The summed E-state index contributed by atoms with van der Waals surface area (Å²) in [5.74, 6) is 6.44. The van der Waals surface area contributed by atoms with Crippen molar-refractivity contribution < 1.29 is 16.8 Å². The Kier molecular flexibility index (Phi) is 5.43. The summed E-state index contributed by atoms with van der Waals surface area (Å²) in [4.78, 5) is 0. The van der Waals surface area contributed by atoms with E-state index in [0.717, 1.165) is 22.6 Å². The first kappa shape index (κ1) is 18.5. The number of hydrogen-bond donors (Lipinski definition) is 2. The molecule has 1 aromatic carbocycles. The van der Waals surface area contributed by atoms with Crippen LogP contribution in [-0.4, -0.2) is 25.7 Å². The molecule has 0 spiro atoms. The number of rotatable bonds is 4. The lowest BCUT2D eigenvalue weighted by molar-refractivity contribution is -0.00000590. The average Bonchev–Trinajstić information content (AvgIpc) is 3.02. The van der Waals surface area contributed by atoms with E-state index in [-0.39, 0.29) is 18.2 Å². The Balaban J connectivity index is 0.00000225. The molecule has 0 fully saturated rings. The first-order chi connectivity index (χ1) is 11.5. The molecule has 0 saturated heterocycles. The Bertz CT molecular complexity index is 896. The van der Waals surface area contributed by atoms with Crippen LogP contribution >= 0.6 is 0 Å². The topological polar surface area (TPSA) is 86.0 Å². The maximum Gasteiger partial charge on any atom is 0.263 e. The standard InChI is InChI=1S/C16H18FN7.ClH/c1-10-8-13(9-19-21-16-22-20-12(3)24(16)18)11(2)23(10)15-6-4-14(17)5-7-15;/h4-9H,18H2,1-3H3,(H,21,22);1H/p-1. The summed E-state index contributed by atoms with van der Waals surface area (Å²) in [5.41, 5.74) is 6.62. The fraction of sp³-hybridized carbons (Fsp3) is 0.188. The second kappa shape index (κ2) is 7.35. The molecular weight excluding hydrogens is 345 g/mol. The molecule has 2 heterocycles. The molecule has 2 aromatic heterocycles. The van der Waals surface area contributed by atoms with Gasteiger partial charge in [0.15, 0.2) is 5.82 Å². The van der Waals surface area contributed by atoms with Crippen LogP contribution in [0.2, 0.25) is 0 Å². The fourth-order valence-corrected chi connectivity index (χ4v) is 2.51. The fourth-order valence-electron chi connectivity index (χ4n) is 2.51. The molecule has 0 aliphatic heterocycles. The average molecular weight is 363 g/mol. The number of nitrogens with zero attached hydrogens (tertiary/aromatic N) is 5. The summed E-state index contributed by atoms with van der Waals surface area (Å²) >= 11 is 0. The molecule has 25 heavy (non-hydrogen) atoms. The summed E-state index contributed by atoms with van der Waals surface area (Å²) in [6.45, 7) is 5.71. The molecule has 0 aliphatic carbocycles. The smallest absolute Gasteiger partial charge is 0.263 e. The van der Waals surface area contributed by atoms with Gasteiger partial charge in [0.2, 0.25) is 0 Å². The van der Waals surface area contributed by atoms with E-state index in [4.69, 9.17) is 5.84 Å². The van der Waals surface area contributed by atoms with Crippen molar-refractivity contribution in [3.63, 3.8) is 0 Å². The normalized spacial score (nSPS) is 10.9. The van der Waals surface area contributed by atoms with Gasteiger partial charge in [-0.2, -0.15) is 5.10 Å². The van der Waals surface area contributed by atoms with Crippen molar-refractivity contribution in [2.24, 2.45) is 5.10 Å². The van der Waals surface area contributed by atoms with Crippen LogP contribution in [0, 0.1) is 26.6 Å². The number of aryl methyl sites for hydroxylation is 2. The summed E-state index contributed by atoms with van der Waals surface area (Å²) < 4.78 is 16.5. The molecule has 0 aliphatic rings. The third-order valence-electron chi connectivity index (χ3n) is 3.79. The molecule has 0 radical (unpaired) electrons. The molecular formula is C16H18ClFN7-. The molecule has 3 N–H and O–H groups in total. The van der Waals surface area contributed by atoms with Crippen molar-refractivity contribution in [3.8, 4) is 5.69 Å². The van der Waals surface area contributed by atoms with Crippen LogP contribution in [0.4, 0.5) is 10.3 Å². The van der Waals surface area contributed by atoms with Crippen molar-refractivity contribution in [1.29, 1.82) is 0 Å². The number of nitrogen functional groups attached to an aromatic ring is 1. The maximum absolute atomic E-state index is 13.1. The summed E-state index contributed by atoms with van der Waals surface area (Å²) in [7, 11) is 0. The monoisotopic (exact) mass is 362 g/mol. The van der Waals surface area contributed by atoms with Gasteiger partial charge >= 0.3 is 0 Å². The minimum absolute atomic E-state index is 0. The van der Waals surface area contributed by atoms with Crippen molar-refractivity contribution in [3.05, 3.63) is 58.9 Å². The van der Waals surface area contributed by atoms with Gasteiger partial charge in [-0.05, 0) is 51.1 Å². The number of nitrogens with two attached hydrogens (primary N) is 1. The van der Waals surface area contributed by atoms with E-state index >= 15 is 0 Å². The summed E-state index contributed by atoms with van der Waals surface area (Å²) in [6, 6.07) is 8.38. The number of nitrogens with one attached hydrogen (secondary N) is 1. The van der Waals surface area contributed by atoms with E-state index in [1.54, 1.807) is 25.3 Å². The van der Waals surface area contributed by atoms with Gasteiger partial charge in [0.25, 0.3) is 5.95 Å². The van der Waals surface area contributed by atoms with E-state index in [1.807, 2.05) is 24.5 Å². The summed E-state index contributed by atoms with van der Waals surface area (Å²) in [6.07, 6.45) is 1.69. The molecule has 0 amide bonds. The van der Waals surface area contributed by atoms with E-state index in [9.17, 15) is 4.39 Å². The van der Waals surface area contributed by atoms with E-state index in [0.29, 0.717) is 11.8 Å². The second-order valence-electron chi connectivity index (χ2n) is 5.45. The van der Waals surface area contributed by atoms with Crippen molar-refractivity contribution in [2.75, 3.05) is 11.3 Å². The lowest BCUT2D eigenvalue weighted by atomic mass is 10.2. The highest BCUT2D eigenvalue weighted by Crippen LogP contribution is 2.20. The van der Waals surface area contributed by atoms with Gasteiger partial charge in [0.05, 0.1) is 6.21 Å². The molecule has 0 bridgehead atoms. The Hall–Kier alpha value is -2.87. The van der Waals surface area contributed by atoms with Crippen LogP contribution < -0.4 is 23.7 Å². The highest BCUT2D eigenvalue weighted by Gasteiger charge is 2.10. The predicted octanol–water partition coefficient (Wildman–Crippen LogP) is -0.703.